The van der Waals surface area contributed by atoms with E-state index in [1.807, 2.05) is 12.3 Å². The monoisotopic (exact) mass is 133 g/mol. The van der Waals surface area contributed by atoms with Crippen LogP contribution in [0.4, 0.5) is 0 Å². The Morgan fingerprint density at radius 2 is 2.33 bits per heavy atom. The lowest BCUT2D eigenvalue weighted by atomic mass is 10.5. The van der Waals surface area contributed by atoms with Crippen LogP contribution in [0.25, 0.3) is 0 Å². The van der Waals surface area contributed by atoms with Crippen molar-refractivity contribution >= 4 is 0 Å². The van der Waals surface area contributed by atoms with Crippen LogP contribution in [0.3, 0.4) is 0 Å². The fraction of sp³-hybridized carbons (Fsp3) is 1.00. The van der Waals surface area contributed by atoms with Crippen molar-refractivity contribution in [3.05, 3.63) is 10.1 Å². The Morgan fingerprint density at radius 1 is 1.67 bits per heavy atom. The molecule has 0 unspecified atom stereocenters. The summed E-state index contributed by atoms with van der Waals surface area (Å²) in [6, 6.07) is 0. The van der Waals surface area contributed by atoms with Crippen molar-refractivity contribution in [2.75, 3.05) is 13.2 Å². The summed E-state index contributed by atoms with van der Waals surface area (Å²) in [4.78, 5) is 9.62. The van der Waals surface area contributed by atoms with Gasteiger partial charge in [0.2, 0.25) is 0 Å². The highest BCUT2D eigenvalue weighted by Gasteiger charge is 1.88. The zero-order valence-corrected chi connectivity index (χ0v) is 5.39. The molecule has 0 spiro atoms. The molecule has 0 fully saturated rings. The summed E-state index contributed by atoms with van der Waals surface area (Å²) in [5.74, 6) is 0. The number of nitrogens with one attached hydrogen (secondary N) is 2. The topological polar surface area (TPSA) is 67.2 Å². The van der Waals surface area contributed by atoms with E-state index in [-0.39, 0.29) is 6.67 Å². The smallest absolute Gasteiger partial charge is 0.158 e. The molecule has 0 radical (unpaired) electrons. The standard InChI is InChI=1S/C4H11N3O2/c1-2-3-5-4-6-7(8)9/h5-6H,2-4H2,1H3. The Balaban J connectivity index is 2.83. The number of hydrogen-bond donors (Lipinski definition) is 2. The Hall–Kier alpha value is -0.840. The molecule has 5 nitrogen and oxygen atoms in total. The highest BCUT2D eigenvalue weighted by Crippen LogP contribution is 1.66. The summed E-state index contributed by atoms with van der Waals surface area (Å²) in [6.45, 7) is 3.04. The zero-order valence-electron chi connectivity index (χ0n) is 5.39. The number of nitrogens with zero attached hydrogens (tertiary/aromatic N) is 1. The zero-order chi connectivity index (χ0) is 7.11. The van der Waals surface area contributed by atoms with E-state index in [1.165, 1.54) is 0 Å². The van der Waals surface area contributed by atoms with Crippen molar-refractivity contribution in [2.24, 2.45) is 0 Å². The summed E-state index contributed by atoms with van der Waals surface area (Å²) in [7, 11) is 0. The van der Waals surface area contributed by atoms with Crippen LogP contribution in [0.15, 0.2) is 0 Å². The number of hydrazine groups is 1. The molecule has 0 saturated heterocycles. The molecule has 0 aromatic rings. The van der Waals surface area contributed by atoms with Gasteiger partial charge in [0.25, 0.3) is 0 Å². The maximum Gasteiger partial charge on any atom is 0.158 e. The highest BCUT2D eigenvalue weighted by atomic mass is 16.7. The summed E-state index contributed by atoms with van der Waals surface area (Å²) >= 11 is 0. The van der Waals surface area contributed by atoms with E-state index < -0.39 is 5.03 Å². The molecule has 0 atom stereocenters. The first-order chi connectivity index (χ1) is 4.27. The van der Waals surface area contributed by atoms with Gasteiger partial charge in [-0.2, -0.15) is 0 Å². The predicted octanol–water partition coefficient (Wildman–Crippen LogP) is -0.275. The van der Waals surface area contributed by atoms with Crippen molar-refractivity contribution in [2.45, 2.75) is 13.3 Å². The van der Waals surface area contributed by atoms with E-state index in [1.54, 1.807) is 0 Å². The molecule has 2 N–H and O–H groups in total. The number of nitro groups is 1. The van der Waals surface area contributed by atoms with Crippen molar-refractivity contribution in [1.82, 2.24) is 10.7 Å². The Labute approximate surface area is 53.6 Å². The molecule has 54 valence electrons. The number of rotatable bonds is 5. The third kappa shape index (κ3) is 7.16. The van der Waals surface area contributed by atoms with Gasteiger partial charge >= 0.3 is 0 Å². The van der Waals surface area contributed by atoms with Gasteiger partial charge in [-0.25, -0.2) is 10.1 Å². The lowest BCUT2D eigenvalue weighted by molar-refractivity contribution is -0.544. The van der Waals surface area contributed by atoms with Crippen LogP contribution in [-0.4, -0.2) is 18.2 Å². The van der Waals surface area contributed by atoms with E-state index in [0.717, 1.165) is 13.0 Å². The minimum atomic E-state index is -0.567. The Kier molecular flexibility index (Phi) is 4.81. The van der Waals surface area contributed by atoms with Gasteiger partial charge in [0.05, 0.1) is 0 Å². The molecule has 0 saturated carbocycles. The summed E-state index contributed by atoms with van der Waals surface area (Å²) in [6.07, 6.45) is 0.986. The minimum Gasteiger partial charge on any atom is -0.295 e. The van der Waals surface area contributed by atoms with Gasteiger partial charge in [-0.1, -0.05) is 6.92 Å². The highest BCUT2D eigenvalue weighted by molar-refractivity contribution is 4.35. The van der Waals surface area contributed by atoms with Gasteiger partial charge in [-0.15, -0.1) is 5.43 Å². The first-order valence-corrected chi connectivity index (χ1v) is 2.86. The van der Waals surface area contributed by atoms with Gasteiger partial charge in [0.1, 0.15) is 6.67 Å². The molecular formula is C4H11N3O2. The Bertz CT molecular complexity index is 85.9. The van der Waals surface area contributed by atoms with Crippen molar-refractivity contribution < 1.29 is 5.03 Å². The van der Waals surface area contributed by atoms with Crippen LogP contribution >= 0.6 is 0 Å². The molecule has 0 heterocycles. The fourth-order valence-electron chi connectivity index (χ4n) is 0.386. The normalized spacial score (nSPS) is 9.00. The second-order valence-corrected chi connectivity index (χ2v) is 1.59. The van der Waals surface area contributed by atoms with E-state index in [2.05, 4.69) is 5.32 Å². The molecule has 5 heteroatoms. The first kappa shape index (κ1) is 8.16. The average Bonchev–Trinajstić information content (AvgIpc) is 1.80. The van der Waals surface area contributed by atoms with Crippen LogP contribution in [-0.2, 0) is 0 Å². The second-order valence-electron chi connectivity index (χ2n) is 1.59. The predicted molar refractivity (Wildman–Crippen MR) is 33.3 cm³/mol. The third-order valence-electron chi connectivity index (χ3n) is 0.760. The molecule has 0 bridgehead atoms. The van der Waals surface area contributed by atoms with Gasteiger partial charge in [-0.3, -0.25) is 5.32 Å². The molecule has 0 aliphatic rings. The van der Waals surface area contributed by atoms with E-state index in [0.29, 0.717) is 0 Å². The maximum atomic E-state index is 9.62. The largest absolute Gasteiger partial charge is 0.295 e. The summed E-state index contributed by atoms with van der Waals surface area (Å²) < 4.78 is 0. The fourth-order valence-corrected chi connectivity index (χ4v) is 0.386. The molecule has 9 heavy (non-hydrogen) atoms. The maximum absolute atomic E-state index is 9.62. The second kappa shape index (κ2) is 5.30. The lowest BCUT2D eigenvalue weighted by Crippen LogP contribution is -2.33. The van der Waals surface area contributed by atoms with Gasteiger partial charge < -0.3 is 0 Å². The lowest BCUT2D eigenvalue weighted by Gasteiger charge is -1.97. The van der Waals surface area contributed by atoms with Crippen molar-refractivity contribution in [3.8, 4) is 0 Å². The molecule has 0 amide bonds. The van der Waals surface area contributed by atoms with E-state index >= 15 is 0 Å². The summed E-state index contributed by atoms with van der Waals surface area (Å²) in [5, 5.41) is 11.9. The molecule has 0 aromatic heterocycles. The first-order valence-electron chi connectivity index (χ1n) is 2.86. The molecule has 0 rings (SSSR count). The van der Waals surface area contributed by atoms with Crippen LogP contribution in [0.1, 0.15) is 13.3 Å². The molecule has 0 aliphatic heterocycles. The van der Waals surface area contributed by atoms with Crippen LogP contribution in [0, 0.1) is 10.1 Å². The van der Waals surface area contributed by atoms with Gasteiger partial charge in [0, 0.05) is 0 Å². The molecular weight excluding hydrogens is 122 g/mol. The Morgan fingerprint density at radius 3 is 2.78 bits per heavy atom. The van der Waals surface area contributed by atoms with Crippen LogP contribution < -0.4 is 10.7 Å². The van der Waals surface area contributed by atoms with Gasteiger partial charge in [0.15, 0.2) is 5.03 Å². The quantitative estimate of drug-likeness (QED) is 0.234. The SMILES string of the molecule is CCCNCN[N+](=O)[O-]. The van der Waals surface area contributed by atoms with E-state index in [9.17, 15) is 10.1 Å². The van der Waals surface area contributed by atoms with Crippen molar-refractivity contribution in [1.29, 1.82) is 0 Å². The number of hydrogen-bond acceptors (Lipinski definition) is 3. The third-order valence-corrected chi connectivity index (χ3v) is 0.760. The van der Waals surface area contributed by atoms with E-state index in [4.69, 9.17) is 0 Å². The molecule has 0 aliphatic carbocycles. The minimum absolute atomic E-state index is 0.237. The molecule has 0 aromatic carbocycles. The van der Waals surface area contributed by atoms with Crippen LogP contribution in [0.2, 0.25) is 0 Å². The average molecular weight is 133 g/mol. The van der Waals surface area contributed by atoms with Crippen LogP contribution in [0.5, 0.6) is 0 Å². The van der Waals surface area contributed by atoms with Crippen molar-refractivity contribution in [3.63, 3.8) is 0 Å². The van der Waals surface area contributed by atoms with Gasteiger partial charge in [-0.05, 0) is 13.0 Å². The summed E-state index contributed by atoms with van der Waals surface area (Å²) in [5.41, 5.74) is 1.99.